The van der Waals surface area contributed by atoms with Crippen LogP contribution in [0.4, 0.5) is 11.5 Å². The lowest BCUT2D eigenvalue weighted by Crippen LogP contribution is -2.39. The third-order valence-corrected chi connectivity index (χ3v) is 2.51. The molecule has 3 nitrogen and oxygen atoms in total. The SMILES string of the molecule is Cc1ccnc(N(C)C(C)(C)C)c1N. The van der Waals surface area contributed by atoms with Crippen LogP contribution in [-0.2, 0) is 0 Å². The molecule has 0 fully saturated rings. The van der Waals surface area contributed by atoms with Gasteiger partial charge in [0, 0.05) is 18.8 Å². The van der Waals surface area contributed by atoms with Crippen LogP contribution in [0.2, 0.25) is 0 Å². The van der Waals surface area contributed by atoms with E-state index in [-0.39, 0.29) is 5.54 Å². The third-order valence-electron chi connectivity index (χ3n) is 2.51. The zero-order valence-corrected chi connectivity index (χ0v) is 9.63. The molecule has 3 heteroatoms. The van der Waals surface area contributed by atoms with Gasteiger partial charge in [0.05, 0.1) is 5.69 Å². The number of aromatic nitrogens is 1. The second-order valence-corrected chi connectivity index (χ2v) is 4.59. The van der Waals surface area contributed by atoms with Crippen molar-refractivity contribution in [3.8, 4) is 0 Å². The Morgan fingerprint density at radius 1 is 1.36 bits per heavy atom. The molecule has 2 N–H and O–H groups in total. The molecular formula is C11H19N3. The van der Waals surface area contributed by atoms with Crippen LogP contribution in [0.1, 0.15) is 26.3 Å². The lowest BCUT2D eigenvalue weighted by atomic mass is 10.1. The van der Waals surface area contributed by atoms with E-state index in [1.807, 2.05) is 20.0 Å². The van der Waals surface area contributed by atoms with Crippen molar-refractivity contribution in [3.05, 3.63) is 17.8 Å². The van der Waals surface area contributed by atoms with E-state index in [0.717, 1.165) is 17.1 Å². The van der Waals surface area contributed by atoms with Crippen molar-refractivity contribution in [2.24, 2.45) is 0 Å². The molecule has 0 aliphatic heterocycles. The number of anilines is 2. The first-order chi connectivity index (χ1) is 6.34. The van der Waals surface area contributed by atoms with Crippen LogP contribution in [0.5, 0.6) is 0 Å². The fourth-order valence-electron chi connectivity index (χ4n) is 1.14. The predicted molar refractivity (Wildman–Crippen MR) is 61.5 cm³/mol. The van der Waals surface area contributed by atoms with Gasteiger partial charge in [0.2, 0.25) is 0 Å². The van der Waals surface area contributed by atoms with Crippen LogP contribution in [0.15, 0.2) is 12.3 Å². The van der Waals surface area contributed by atoms with Crippen LogP contribution in [0.25, 0.3) is 0 Å². The summed E-state index contributed by atoms with van der Waals surface area (Å²) in [7, 11) is 2.01. The van der Waals surface area contributed by atoms with Gasteiger partial charge in [-0.05, 0) is 39.3 Å². The molecule has 14 heavy (non-hydrogen) atoms. The molecule has 78 valence electrons. The van der Waals surface area contributed by atoms with Crippen molar-refractivity contribution >= 4 is 11.5 Å². The Morgan fingerprint density at radius 2 is 1.93 bits per heavy atom. The van der Waals surface area contributed by atoms with E-state index < -0.39 is 0 Å². The first-order valence-electron chi connectivity index (χ1n) is 4.79. The minimum atomic E-state index is 0.0366. The number of hydrogen-bond donors (Lipinski definition) is 1. The largest absolute Gasteiger partial charge is 0.396 e. The molecule has 1 rings (SSSR count). The minimum absolute atomic E-state index is 0.0366. The summed E-state index contributed by atoms with van der Waals surface area (Å²) in [5.74, 6) is 0.859. The molecule has 1 aromatic rings. The fraction of sp³-hybridized carbons (Fsp3) is 0.545. The zero-order chi connectivity index (χ0) is 10.9. The smallest absolute Gasteiger partial charge is 0.152 e. The van der Waals surface area contributed by atoms with E-state index >= 15 is 0 Å². The highest BCUT2D eigenvalue weighted by molar-refractivity contribution is 5.66. The minimum Gasteiger partial charge on any atom is -0.396 e. The van der Waals surface area contributed by atoms with E-state index in [2.05, 4.69) is 30.7 Å². The molecule has 0 radical (unpaired) electrons. The predicted octanol–water partition coefficient (Wildman–Crippen LogP) is 2.21. The molecule has 1 heterocycles. The summed E-state index contributed by atoms with van der Waals surface area (Å²) in [6.07, 6.45) is 1.79. The van der Waals surface area contributed by atoms with Gasteiger partial charge in [0.25, 0.3) is 0 Å². The van der Waals surface area contributed by atoms with Crippen molar-refractivity contribution < 1.29 is 0 Å². The maximum atomic E-state index is 5.98. The summed E-state index contributed by atoms with van der Waals surface area (Å²) >= 11 is 0. The summed E-state index contributed by atoms with van der Waals surface area (Å²) in [5.41, 5.74) is 7.86. The topological polar surface area (TPSA) is 42.2 Å². The molecule has 0 aliphatic carbocycles. The summed E-state index contributed by atoms with van der Waals surface area (Å²) < 4.78 is 0. The van der Waals surface area contributed by atoms with Crippen LogP contribution in [0.3, 0.4) is 0 Å². The van der Waals surface area contributed by atoms with E-state index in [1.54, 1.807) is 6.20 Å². The molecular weight excluding hydrogens is 174 g/mol. The van der Waals surface area contributed by atoms with Gasteiger partial charge in [-0.25, -0.2) is 4.98 Å². The van der Waals surface area contributed by atoms with Gasteiger partial charge in [0.1, 0.15) is 0 Å². The Bertz CT molecular complexity index is 326. The number of nitrogens with zero attached hydrogens (tertiary/aromatic N) is 2. The van der Waals surface area contributed by atoms with Crippen LogP contribution in [0, 0.1) is 6.92 Å². The molecule has 0 saturated carbocycles. The first-order valence-corrected chi connectivity index (χ1v) is 4.79. The van der Waals surface area contributed by atoms with Gasteiger partial charge in [-0.1, -0.05) is 0 Å². The van der Waals surface area contributed by atoms with E-state index in [9.17, 15) is 0 Å². The van der Waals surface area contributed by atoms with Crippen molar-refractivity contribution in [2.75, 3.05) is 17.7 Å². The monoisotopic (exact) mass is 193 g/mol. The highest BCUT2D eigenvalue weighted by Gasteiger charge is 2.20. The molecule has 0 bridgehead atoms. The van der Waals surface area contributed by atoms with Gasteiger partial charge in [-0.2, -0.15) is 0 Å². The van der Waals surface area contributed by atoms with Gasteiger partial charge >= 0.3 is 0 Å². The van der Waals surface area contributed by atoms with E-state index in [4.69, 9.17) is 5.73 Å². The van der Waals surface area contributed by atoms with E-state index in [1.165, 1.54) is 0 Å². The molecule has 0 spiro atoms. The molecule has 0 aliphatic rings. The highest BCUT2D eigenvalue weighted by atomic mass is 15.2. The van der Waals surface area contributed by atoms with Gasteiger partial charge in [-0.15, -0.1) is 0 Å². The van der Waals surface area contributed by atoms with Crippen LogP contribution >= 0.6 is 0 Å². The van der Waals surface area contributed by atoms with Gasteiger partial charge in [-0.3, -0.25) is 0 Å². The number of hydrogen-bond acceptors (Lipinski definition) is 3. The quantitative estimate of drug-likeness (QED) is 0.743. The van der Waals surface area contributed by atoms with Gasteiger partial charge in [0.15, 0.2) is 5.82 Å². The normalized spacial score (nSPS) is 11.5. The van der Waals surface area contributed by atoms with Gasteiger partial charge < -0.3 is 10.6 Å². The number of rotatable bonds is 1. The van der Waals surface area contributed by atoms with Crippen molar-refractivity contribution in [1.82, 2.24) is 4.98 Å². The summed E-state index contributed by atoms with van der Waals surface area (Å²) in [6, 6.07) is 1.93. The average molecular weight is 193 g/mol. The Hall–Kier alpha value is -1.25. The number of nitrogens with two attached hydrogens (primary N) is 1. The molecule has 0 atom stereocenters. The number of pyridine rings is 1. The van der Waals surface area contributed by atoms with Crippen LogP contribution < -0.4 is 10.6 Å². The second kappa shape index (κ2) is 3.48. The standard InChI is InChI=1S/C11H19N3/c1-8-6-7-13-10(9(8)12)14(5)11(2,3)4/h6-7H,12H2,1-5H3. The molecule has 0 unspecified atom stereocenters. The molecule has 0 saturated heterocycles. The Kier molecular flexibility index (Phi) is 2.69. The second-order valence-electron chi connectivity index (χ2n) is 4.59. The maximum absolute atomic E-state index is 5.98. The van der Waals surface area contributed by atoms with Crippen molar-refractivity contribution in [1.29, 1.82) is 0 Å². The first kappa shape index (κ1) is 10.8. The maximum Gasteiger partial charge on any atom is 0.152 e. The number of aryl methyl sites for hydroxylation is 1. The lowest BCUT2D eigenvalue weighted by molar-refractivity contribution is 0.534. The Balaban J connectivity index is 3.14. The van der Waals surface area contributed by atoms with Crippen LogP contribution in [-0.4, -0.2) is 17.6 Å². The highest BCUT2D eigenvalue weighted by Crippen LogP contribution is 2.27. The van der Waals surface area contributed by atoms with E-state index in [0.29, 0.717) is 0 Å². The Morgan fingerprint density at radius 3 is 2.43 bits per heavy atom. The zero-order valence-electron chi connectivity index (χ0n) is 9.63. The Labute approximate surface area is 85.9 Å². The average Bonchev–Trinajstić information content (AvgIpc) is 2.07. The molecule has 0 aromatic carbocycles. The molecule has 0 amide bonds. The fourth-order valence-corrected chi connectivity index (χ4v) is 1.14. The number of nitrogen functional groups attached to an aromatic ring is 1. The van der Waals surface area contributed by atoms with Crippen molar-refractivity contribution in [2.45, 2.75) is 33.2 Å². The summed E-state index contributed by atoms with van der Waals surface area (Å²) in [5, 5.41) is 0. The lowest BCUT2D eigenvalue weighted by Gasteiger charge is -2.34. The summed E-state index contributed by atoms with van der Waals surface area (Å²) in [6.45, 7) is 8.40. The summed E-state index contributed by atoms with van der Waals surface area (Å²) in [4.78, 5) is 6.40. The molecule has 1 aromatic heterocycles. The third kappa shape index (κ3) is 1.97. The van der Waals surface area contributed by atoms with Crippen molar-refractivity contribution in [3.63, 3.8) is 0 Å².